The minimum absolute atomic E-state index is 0.228. The normalized spacial score (nSPS) is 22.5. The van der Waals surface area contributed by atoms with Gasteiger partial charge in [-0.1, -0.05) is 42.3 Å². The number of hydrogen-bond donors (Lipinski definition) is 0. The summed E-state index contributed by atoms with van der Waals surface area (Å²) in [5.74, 6) is 1.34. The summed E-state index contributed by atoms with van der Waals surface area (Å²) < 4.78 is 1.74. The third-order valence-electron chi connectivity index (χ3n) is 5.91. The van der Waals surface area contributed by atoms with Gasteiger partial charge in [-0.05, 0) is 67.5 Å². The number of aromatic nitrogens is 4. The molecule has 2 atom stereocenters. The standard InChI is InChI=1S/C20H27N5OS/c1-14-9-10-17(15(2)12-14)25-20(21-22-23-25)27-13-19(26)24-11-5-7-16-6-3-4-8-18(16)24/h9-10,12,16,18H,3-8,11,13H2,1-2H3. The molecule has 27 heavy (non-hydrogen) atoms. The minimum atomic E-state index is 0.228. The SMILES string of the molecule is Cc1ccc(-n2nnnc2SCC(=O)N2CCCC3CCCCC32)c(C)c1. The Labute approximate surface area is 164 Å². The van der Waals surface area contributed by atoms with E-state index in [9.17, 15) is 4.79 Å². The average molecular weight is 386 g/mol. The molecule has 0 bridgehead atoms. The molecule has 144 valence electrons. The molecule has 1 aromatic carbocycles. The highest BCUT2D eigenvalue weighted by molar-refractivity contribution is 7.99. The maximum atomic E-state index is 12.9. The minimum Gasteiger partial charge on any atom is -0.339 e. The Balaban J connectivity index is 1.45. The molecule has 0 N–H and O–H groups in total. The van der Waals surface area contributed by atoms with Gasteiger partial charge < -0.3 is 4.90 Å². The summed E-state index contributed by atoms with van der Waals surface area (Å²) in [7, 11) is 0. The smallest absolute Gasteiger partial charge is 0.233 e. The Morgan fingerprint density at radius 3 is 2.85 bits per heavy atom. The van der Waals surface area contributed by atoms with E-state index < -0.39 is 0 Å². The summed E-state index contributed by atoms with van der Waals surface area (Å²) in [6.07, 6.45) is 7.45. The second-order valence-electron chi connectivity index (χ2n) is 7.79. The molecule has 4 rings (SSSR count). The van der Waals surface area contributed by atoms with Gasteiger partial charge in [-0.3, -0.25) is 4.79 Å². The molecule has 1 saturated carbocycles. The fourth-order valence-electron chi connectivity index (χ4n) is 4.61. The van der Waals surface area contributed by atoms with Gasteiger partial charge in [0.15, 0.2) is 0 Å². The van der Waals surface area contributed by atoms with Gasteiger partial charge in [0.25, 0.3) is 0 Å². The van der Waals surface area contributed by atoms with Crippen LogP contribution in [0, 0.1) is 19.8 Å². The van der Waals surface area contributed by atoms with Crippen molar-refractivity contribution in [2.24, 2.45) is 5.92 Å². The van der Waals surface area contributed by atoms with Gasteiger partial charge in [0.1, 0.15) is 0 Å². The first-order valence-corrected chi connectivity index (χ1v) is 10.9. The van der Waals surface area contributed by atoms with E-state index in [2.05, 4.69) is 46.4 Å². The number of rotatable bonds is 4. The molecule has 2 fully saturated rings. The zero-order chi connectivity index (χ0) is 18.8. The first-order valence-electron chi connectivity index (χ1n) is 9.92. The predicted octanol–water partition coefficient (Wildman–Crippen LogP) is 3.55. The van der Waals surface area contributed by atoms with Gasteiger partial charge in [-0.15, -0.1) is 5.10 Å². The number of amides is 1. The lowest BCUT2D eigenvalue weighted by Gasteiger charge is -2.44. The lowest BCUT2D eigenvalue weighted by Crippen LogP contribution is -2.50. The van der Waals surface area contributed by atoms with Crippen LogP contribution in [0.25, 0.3) is 5.69 Å². The van der Waals surface area contributed by atoms with Crippen molar-refractivity contribution < 1.29 is 4.79 Å². The molecule has 2 heterocycles. The quantitative estimate of drug-likeness (QED) is 0.753. The molecule has 0 spiro atoms. The van der Waals surface area contributed by atoms with Crippen molar-refractivity contribution in [2.75, 3.05) is 12.3 Å². The number of piperidine rings is 1. The predicted molar refractivity (Wildman–Crippen MR) is 106 cm³/mol. The van der Waals surface area contributed by atoms with E-state index in [4.69, 9.17) is 0 Å². The number of likely N-dealkylation sites (tertiary alicyclic amines) is 1. The van der Waals surface area contributed by atoms with E-state index in [1.165, 1.54) is 49.4 Å². The molecule has 1 saturated heterocycles. The van der Waals surface area contributed by atoms with Crippen LogP contribution < -0.4 is 0 Å². The second kappa shape index (κ2) is 8.00. The number of fused-ring (bicyclic) bond motifs is 1. The molecule has 1 amide bonds. The zero-order valence-corrected chi connectivity index (χ0v) is 16.9. The molecule has 2 unspecified atom stereocenters. The van der Waals surface area contributed by atoms with E-state index >= 15 is 0 Å². The monoisotopic (exact) mass is 385 g/mol. The Bertz CT molecular complexity index is 818. The van der Waals surface area contributed by atoms with Gasteiger partial charge in [0.05, 0.1) is 11.4 Å². The number of nitrogens with zero attached hydrogens (tertiary/aromatic N) is 5. The number of benzene rings is 1. The Kier molecular flexibility index (Phi) is 5.48. The van der Waals surface area contributed by atoms with Crippen molar-refractivity contribution in [1.82, 2.24) is 25.1 Å². The second-order valence-corrected chi connectivity index (χ2v) is 8.74. The first kappa shape index (κ1) is 18.5. The summed E-state index contributed by atoms with van der Waals surface area (Å²) >= 11 is 1.44. The van der Waals surface area contributed by atoms with E-state index in [-0.39, 0.29) is 5.91 Å². The Morgan fingerprint density at radius 2 is 2.00 bits per heavy atom. The van der Waals surface area contributed by atoms with Gasteiger partial charge in [-0.2, -0.15) is 4.68 Å². The van der Waals surface area contributed by atoms with Crippen molar-refractivity contribution in [3.05, 3.63) is 29.3 Å². The van der Waals surface area contributed by atoms with Gasteiger partial charge in [0.2, 0.25) is 11.1 Å². The summed E-state index contributed by atoms with van der Waals surface area (Å²) in [5.41, 5.74) is 3.29. The van der Waals surface area contributed by atoms with Crippen molar-refractivity contribution >= 4 is 17.7 Å². The lowest BCUT2D eigenvalue weighted by atomic mass is 9.78. The fourth-order valence-corrected chi connectivity index (χ4v) is 5.38. The van der Waals surface area contributed by atoms with Gasteiger partial charge in [-0.25, -0.2) is 0 Å². The highest BCUT2D eigenvalue weighted by Gasteiger charge is 2.35. The van der Waals surface area contributed by atoms with Crippen LogP contribution in [0.1, 0.15) is 49.7 Å². The molecule has 1 aliphatic heterocycles. The number of thioether (sulfide) groups is 1. The molecule has 7 heteroatoms. The first-order chi connectivity index (χ1) is 13.1. The van der Waals surface area contributed by atoms with Crippen molar-refractivity contribution in [2.45, 2.75) is 63.6 Å². The Morgan fingerprint density at radius 1 is 1.19 bits per heavy atom. The maximum absolute atomic E-state index is 12.9. The molecular formula is C20H27N5OS. The number of aryl methyl sites for hydroxylation is 2. The third kappa shape index (κ3) is 3.88. The number of carbonyl (C=O) groups excluding carboxylic acids is 1. The van der Waals surface area contributed by atoms with Crippen molar-refractivity contribution in [3.8, 4) is 5.69 Å². The van der Waals surface area contributed by atoms with E-state index in [0.717, 1.165) is 24.2 Å². The van der Waals surface area contributed by atoms with Crippen LogP contribution >= 0.6 is 11.8 Å². The van der Waals surface area contributed by atoms with E-state index in [1.54, 1.807) is 4.68 Å². The zero-order valence-electron chi connectivity index (χ0n) is 16.1. The van der Waals surface area contributed by atoms with Crippen LogP contribution in [0.15, 0.2) is 23.4 Å². The summed E-state index contributed by atoms with van der Waals surface area (Å²) in [5, 5.41) is 12.8. The van der Waals surface area contributed by atoms with Crippen LogP contribution in [0.2, 0.25) is 0 Å². The molecule has 2 aliphatic rings. The molecule has 2 aromatic rings. The highest BCUT2D eigenvalue weighted by Crippen LogP contribution is 2.35. The molecule has 1 aromatic heterocycles. The summed E-state index contributed by atoms with van der Waals surface area (Å²) in [6, 6.07) is 6.66. The van der Waals surface area contributed by atoms with Crippen molar-refractivity contribution in [1.29, 1.82) is 0 Å². The molecule has 0 radical (unpaired) electrons. The van der Waals surface area contributed by atoms with Gasteiger partial charge in [0, 0.05) is 12.6 Å². The number of hydrogen-bond acceptors (Lipinski definition) is 5. The Hall–Kier alpha value is -1.89. The molecule has 1 aliphatic carbocycles. The van der Waals surface area contributed by atoms with E-state index in [1.807, 2.05) is 6.07 Å². The lowest BCUT2D eigenvalue weighted by molar-refractivity contribution is -0.134. The third-order valence-corrected chi connectivity index (χ3v) is 6.81. The van der Waals surface area contributed by atoms with E-state index in [0.29, 0.717) is 22.9 Å². The van der Waals surface area contributed by atoms with Crippen LogP contribution in [0.5, 0.6) is 0 Å². The average Bonchev–Trinajstić information content (AvgIpc) is 3.14. The van der Waals surface area contributed by atoms with Gasteiger partial charge >= 0.3 is 0 Å². The van der Waals surface area contributed by atoms with Crippen LogP contribution in [0.3, 0.4) is 0 Å². The molecular weight excluding hydrogens is 358 g/mol. The van der Waals surface area contributed by atoms with Crippen LogP contribution in [-0.4, -0.2) is 49.4 Å². The van der Waals surface area contributed by atoms with Crippen LogP contribution in [-0.2, 0) is 4.79 Å². The fraction of sp³-hybridized carbons (Fsp3) is 0.600. The largest absolute Gasteiger partial charge is 0.339 e. The highest BCUT2D eigenvalue weighted by atomic mass is 32.2. The summed E-state index contributed by atoms with van der Waals surface area (Å²) in [4.78, 5) is 15.1. The summed E-state index contributed by atoms with van der Waals surface area (Å²) in [6.45, 7) is 5.03. The maximum Gasteiger partial charge on any atom is 0.233 e. The molecule has 6 nitrogen and oxygen atoms in total. The van der Waals surface area contributed by atoms with Crippen LogP contribution in [0.4, 0.5) is 0 Å². The number of carbonyl (C=O) groups is 1. The number of tetrazole rings is 1. The van der Waals surface area contributed by atoms with Crippen molar-refractivity contribution in [3.63, 3.8) is 0 Å². The topological polar surface area (TPSA) is 63.9 Å².